The minimum absolute atomic E-state index is 0.110. The molecule has 4 heteroatoms. The topological polar surface area (TPSA) is 20.7 Å². The monoisotopic (exact) mass is 280 g/mol. The maximum atomic E-state index is 6.37. The SMILES string of the molecule is CC1(n2c(=S)[nH]c3cccc(Cl)c32)CCCCC1. The van der Waals surface area contributed by atoms with Crippen LogP contribution in [-0.4, -0.2) is 9.55 Å². The predicted octanol–water partition coefficient (Wildman–Crippen LogP) is 5.03. The van der Waals surface area contributed by atoms with Crippen LogP contribution in [0.5, 0.6) is 0 Å². The van der Waals surface area contributed by atoms with Crippen LogP contribution < -0.4 is 0 Å². The van der Waals surface area contributed by atoms with Crippen molar-refractivity contribution in [1.82, 2.24) is 9.55 Å². The average molecular weight is 281 g/mol. The first kappa shape index (κ1) is 12.2. The van der Waals surface area contributed by atoms with Gasteiger partial charge in [0.25, 0.3) is 0 Å². The molecule has 1 fully saturated rings. The number of imidazole rings is 1. The molecule has 1 aliphatic carbocycles. The first-order chi connectivity index (χ1) is 8.62. The van der Waals surface area contributed by atoms with Crippen molar-refractivity contribution >= 4 is 34.9 Å². The van der Waals surface area contributed by atoms with E-state index in [2.05, 4.69) is 16.5 Å². The molecule has 0 radical (unpaired) electrons. The summed E-state index contributed by atoms with van der Waals surface area (Å²) in [5.74, 6) is 0. The second-order valence-electron chi connectivity index (χ2n) is 5.46. The van der Waals surface area contributed by atoms with Gasteiger partial charge in [0.05, 0.1) is 16.1 Å². The van der Waals surface area contributed by atoms with E-state index in [0.29, 0.717) is 0 Å². The number of rotatable bonds is 1. The molecule has 1 saturated carbocycles. The van der Waals surface area contributed by atoms with Crippen LogP contribution in [0, 0.1) is 4.77 Å². The van der Waals surface area contributed by atoms with E-state index in [0.717, 1.165) is 20.8 Å². The first-order valence-corrected chi connectivity index (χ1v) is 7.30. The standard InChI is InChI=1S/C14H17ClN2S/c1-14(8-3-2-4-9-14)17-12-10(15)6-5-7-11(12)16-13(17)18/h5-7H,2-4,8-9H2,1H3,(H,16,18). The van der Waals surface area contributed by atoms with Gasteiger partial charge in [-0.3, -0.25) is 0 Å². The van der Waals surface area contributed by atoms with Gasteiger partial charge >= 0.3 is 0 Å². The number of halogens is 1. The molecule has 0 spiro atoms. The third-order valence-corrected chi connectivity index (χ3v) is 4.72. The van der Waals surface area contributed by atoms with Crippen LogP contribution in [0.3, 0.4) is 0 Å². The molecule has 18 heavy (non-hydrogen) atoms. The minimum atomic E-state index is 0.110. The number of fused-ring (bicyclic) bond motifs is 1. The van der Waals surface area contributed by atoms with E-state index in [1.54, 1.807) is 0 Å². The van der Waals surface area contributed by atoms with E-state index in [4.69, 9.17) is 23.8 Å². The van der Waals surface area contributed by atoms with Gasteiger partial charge in [-0.25, -0.2) is 0 Å². The van der Waals surface area contributed by atoms with Crippen molar-refractivity contribution < 1.29 is 0 Å². The Morgan fingerprint density at radius 1 is 1.28 bits per heavy atom. The van der Waals surface area contributed by atoms with Crippen molar-refractivity contribution in [2.24, 2.45) is 0 Å². The zero-order valence-corrected chi connectivity index (χ0v) is 12.1. The Kier molecular flexibility index (Phi) is 2.99. The molecule has 1 aliphatic rings. The first-order valence-electron chi connectivity index (χ1n) is 6.52. The van der Waals surface area contributed by atoms with Crippen molar-refractivity contribution in [3.63, 3.8) is 0 Å². The van der Waals surface area contributed by atoms with Crippen LogP contribution in [0.1, 0.15) is 39.0 Å². The van der Waals surface area contributed by atoms with Gasteiger partial charge in [-0.15, -0.1) is 0 Å². The Balaban J connectivity index is 2.28. The van der Waals surface area contributed by atoms with E-state index in [1.165, 1.54) is 32.1 Å². The highest BCUT2D eigenvalue weighted by Gasteiger charge is 2.31. The van der Waals surface area contributed by atoms with Crippen LogP contribution in [0.25, 0.3) is 11.0 Å². The summed E-state index contributed by atoms with van der Waals surface area (Å²) in [5, 5.41) is 0.784. The second-order valence-corrected chi connectivity index (χ2v) is 6.25. The molecular weight excluding hydrogens is 264 g/mol. The number of hydrogen-bond acceptors (Lipinski definition) is 1. The van der Waals surface area contributed by atoms with Crippen LogP contribution in [0.15, 0.2) is 18.2 Å². The maximum Gasteiger partial charge on any atom is 0.178 e. The van der Waals surface area contributed by atoms with Crippen molar-refractivity contribution in [1.29, 1.82) is 0 Å². The lowest BCUT2D eigenvalue weighted by Crippen LogP contribution is -2.32. The number of aromatic nitrogens is 2. The molecule has 0 aliphatic heterocycles. The molecule has 3 rings (SSSR count). The zero-order valence-electron chi connectivity index (χ0n) is 10.5. The highest BCUT2D eigenvalue weighted by Crippen LogP contribution is 2.38. The summed E-state index contributed by atoms with van der Waals surface area (Å²) in [6, 6.07) is 5.94. The third-order valence-electron chi connectivity index (χ3n) is 4.13. The van der Waals surface area contributed by atoms with Gasteiger partial charge in [-0.2, -0.15) is 0 Å². The summed E-state index contributed by atoms with van der Waals surface area (Å²) >= 11 is 11.9. The highest BCUT2D eigenvalue weighted by molar-refractivity contribution is 7.71. The molecule has 2 nitrogen and oxygen atoms in total. The maximum absolute atomic E-state index is 6.37. The van der Waals surface area contributed by atoms with E-state index >= 15 is 0 Å². The molecule has 0 bridgehead atoms. The number of benzene rings is 1. The predicted molar refractivity (Wildman–Crippen MR) is 78.9 cm³/mol. The number of H-pyrrole nitrogens is 1. The van der Waals surface area contributed by atoms with Crippen LogP contribution in [0.2, 0.25) is 5.02 Å². The van der Waals surface area contributed by atoms with Gasteiger partial charge in [0.1, 0.15) is 0 Å². The summed E-state index contributed by atoms with van der Waals surface area (Å²) in [7, 11) is 0. The van der Waals surface area contributed by atoms with Crippen LogP contribution in [0.4, 0.5) is 0 Å². The van der Waals surface area contributed by atoms with Crippen molar-refractivity contribution in [3.05, 3.63) is 28.0 Å². The summed E-state index contributed by atoms with van der Waals surface area (Å²) in [5.41, 5.74) is 2.21. The lowest BCUT2D eigenvalue weighted by molar-refractivity contribution is 0.222. The average Bonchev–Trinajstić information content (AvgIpc) is 2.68. The molecule has 1 aromatic heterocycles. The number of hydrogen-bond donors (Lipinski definition) is 1. The van der Waals surface area contributed by atoms with Crippen molar-refractivity contribution in [2.75, 3.05) is 0 Å². The zero-order chi connectivity index (χ0) is 12.8. The van der Waals surface area contributed by atoms with E-state index in [-0.39, 0.29) is 5.54 Å². The molecular formula is C14H17ClN2S. The van der Waals surface area contributed by atoms with E-state index < -0.39 is 0 Å². The molecule has 0 unspecified atom stereocenters. The molecule has 0 amide bonds. The highest BCUT2D eigenvalue weighted by atomic mass is 35.5. The quantitative estimate of drug-likeness (QED) is 0.727. The number of aromatic amines is 1. The van der Waals surface area contributed by atoms with E-state index in [9.17, 15) is 0 Å². The normalized spacial score (nSPS) is 19.2. The van der Waals surface area contributed by atoms with Crippen LogP contribution >= 0.6 is 23.8 Å². The summed E-state index contributed by atoms with van der Waals surface area (Å²) in [6.07, 6.45) is 6.24. The second kappa shape index (κ2) is 4.39. The molecule has 1 aromatic carbocycles. The molecule has 1 heterocycles. The fraction of sp³-hybridized carbons (Fsp3) is 0.500. The molecule has 0 atom stereocenters. The number of nitrogens with zero attached hydrogens (tertiary/aromatic N) is 1. The summed E-state index contributed by atoms with van der Waals surface area (Å²) in [4.78, 5) is 3.28. The Labute approximate surface area is 117 Å². The molecule has 0 saturated heterocycles. The Morgan fingerprint density at radius 3 is 2.72 bits per heavy atom. The Hall–Kier alpha value is -0.800. The Bertz CT molecular complexity index is 635. The smallest absolute Gasteiger partial charge is 0.178 e. The van der Waals surface area contributed by atoms with Crippen LogP contribution in [-0.2, 0) is 5.54 Å². The molecule has 96 valence electrons. The van der Waals surface area contributed by atoms with Gasteiger partial charge in [0.15, 0.2) is 4.77 Å². The van der Waals surface area contributed by atoms with Gasteiger partial charge < -0.3 is 9.55 Å². The van der Waals surface area contributed by atoms with Gasteiger partial charge in [-0.1, -0.05) is 36.9 Å². The summed E-state index contributed by atoms with van der Waals surface area (Å²) < 4.78 is 3.04. The largest absolute Gasteiger partial charge is 0.331 e. The fourth-order valence-corrected chi connectivity index (χ4v) is 3.85. The van der Waals surface area contributed by atoms with Gasteiger partial charge in [-0.05, 0) is 44.1 Å². The third kappa shape index (κ3) is 1.81. The number of nitrogens with one attached hydrogen (secondary N) is 1. The van der Waals surface area contributed by atoms with E-state index in [1.807, 2.05) is 18.2 Å². The lowest BCUT2D eigenvalue weighted by Gasteiger charge is -2.35. The molecule has 1 N–H and O–H groups in total. The summed E-state index contributed by atoms with van der Waals surface area (Å²) in [6.45, 7) is 2.30. The minimum Gasteiger partial charge on any atom is -0.331 e. The fourth-order valence-electron chi connectivity index (χ4n) is 3.17. The van der Waals surface area contributed by atoms with Gasteiger partial charge in [0.2, 0.25) is 0 Å². The molecule has 2 aromatic rings. The number of para-hydroxylation sites is 1. The van der Waals surface area contributed by atoms with Gasteiger partial charge in [0, 0.05) is 5.54 Å². The lowest BCUT2D eigenvalue weighted by atomic mass is 9.83. The van der Waals surface area contributed by atoms with Crippen molar-refractivity contribution in [3.8, 4) is 0 Å². The van der Waals surface area contributed by atoms with Crippen molar-refractivity contribution in [2.45, 2.75) is 44.6 Å². The Morgan fingerprint density at radius 2 is 2.00 bits per heavy atom.